The molecule has 0 spiro atoms. The number of aromatic nitrogens is 3. The van der Waals surface area contributed by atoms with Gasteiger partial charge < -0.3 is 14.8 Å². The van der Waals surface area contributed by atoms with Crippen LogP contribution >= 0.6 is 11.6 Å². The molecule has 30 heavy (non-hydrogen) atoms. The Bertz CT molecular complexity index is 1170. The number of benzene rings is 1. The van der Waals surface area contributed by atoms with Gasteiger partial charge in [-0.25, -0.2) is 4.98 Å². The zero-order valence-electron chi connectivity index (χ0n) is 17.2. The third kappa shape index (κ3) is 3.30. The van der Waals surface area contributed by atoms with E-state index < -0.39 is 0 Å². The summed E-state index contributed by atoms with van der Waals surface area (Å²) in [6.45, 7) is 3.03. The molecule has 3 heterocycles. The average molecular weight is 428 g/mol. The number of rotatable bonds is 2. The van der Waals surface area contributed by atoms with Crippen LogP contribution in [-0.4, -0.2) is 63.3 Å². The van der Waals surface area contributed by atoms with Crippen molar-refractivity contribution < 1.29 is 4.79 Å². The van der Waals surface area contributed by atoms with E-state index in [1.165, 1.54) is 19.3 Å². The number of fused-ring (bicyclic) bond motifs is 3. The van der Waals surface area contributed by atoms with Crippen molar-refractivity contribution in [3.63, 3.8) is 0 Å². The maximum atomic E-state index is 13.1. The predicted octanol–water partition coefficient (Wildman–Crippen LogP) is 3.26. The number of piperazine rings is 1. The predicted molar refractivity (Wildman–Crippen MR) is 118 cm³/mol. The number of H-pyrrole nitrogens is 1. The summed E-state index contributed by atoms with van der Waals surface area (Å²) < 4.78 is 1.94. The Labute approximate surface area is 179 Å². The number of aromatic amines is 1. The maximum Gasteiger partial charge on any atom is 0.274 e. The summed E-state index contributed by atoms with van der Waals surface area (Å²) in [6.07, 6.45) is 7.45. The number of amides is 1. The minimum absolute atomic E-state index is 0.0888. The van der Waals surface area contributed by atoms with Crippen LogP contribution in [0.3, 0.4) is 0 Å². The number of nitrogens with zero attached hydrogens (tertiary/aromatic N) is 4. The van der Waals surface area contributed by atoms with Crippen molar-refractivity contribution in [2.75, 3.05) is 33.2 Å². The quantitative estimate of drug-likeness (QED) is 0.681. The largest absolute Gasteiger partial charge is 0.336 e. The fraction of sp³-hybridized carbons (Fsp3) is 0.500. The van der Waals surface area contributed by atoms with Crippen LogP contribution in [0.5, 0.6) is 0 Å². The monoisotopic (exact) mass is 427 g/mol. The van der Waals surface area contributed by atoms with Gasteiger partial charge in [-0.05, 0) is 32.0 Å². The molecule has 2 aliphatic rings. The van der Waals surface area contributed by atoms with Gasteiger partial charge in [-0.3, -0.25) is 14.0 Å². The highest BCUT2D eigenvalue weighted by atomic mass is 35.5. The van der Waals surface area contributed by atoms with Crippen LogP contribution in [0.25, 0.3) is 16.6 Å². The lowest BCUT2D eigenvalue weighted by Crippen LogP contribution is -2.47. The number of imidazole rings is 1. The van der Waals surface area contributed by atoms with Gasteiger partial charge in [0.05, 0.1) is 27.8 Å². The molecular formula is C22H26ClN5O2. The Morgan fingerprint density at radius 3 is 2.57 bits per heavy atom. The number of hydrogen-bond acceptors (Lipinski definition) is 4. The van der Waals surface area contributed by atoms with Crippen LogP contribution in [-0.2, 0) is 0 Å². The van der Waals surface area contributed by atoms with Crippen molar-refractivity contribution in [3.8, 4) is 0 Å². The van der Waals surface area contributed by atoms with Gasteiger partial charge in [-0.1, -0.05) is 30.9 Å². The molecule has 1 saturated heterocycles. The van der Waals surface area contributed by atoms with Gasteiger partial charge in [0.25, 0.3) is 11.5 Å². The summed E-state index contributed by atoms with van der Waals surface area (Å²) >= 11 is 6.61. The molecule has 1 aliphatic heterocycles. The molecule has 3 aromatic rings. The molecule has 7 nitrogen and oxygen atoms in total. The summed E-state index contributed by atoms with van der Waals surface area (Å²) in [5.41, 5.74) is 2.17. The van der Waals surface area contributed by atoms with E-state index in [-0.39, 0.29) is 11.5 Å². The molecule has 0 radical (unpaired) electrons. The number of hydrogen-bond donors (Lipinski definition) is 1. The number of halogens is 1. The molecule has 0 bridgehead atoms. The van der Waals surface area contributed by atoms with E-state index in [4.69, 9.17) is 11.6 Å². The highest BCUT2D eigenvalue weighted by molar-refractivity contribution is 6.34. The lowest BCUT2D eigenvalue weighted by atomic mass is 9.89. The molecule has 158 valence electrons. The third-order valence-electron chi connectivity index (χ3n) is 6.59. The van der Waals surface area contributed by atoms with E-state index in [0.717, 1.165) is 37.3 Å². The number of carbonyl (C=O) groups excluding carboxylic acids is 1. The van der Waals surface area contributed by atoms with Crippen molar-refractivity contribution in [1.29, 1.82) is 0 Å². The van der Waals surface area contributed by atoms with Crippen LogP contribution in [0.2, 0.25) is 5.02 Å². The Morgan fingerprint density at radius 1 is 1.10 bits per heavy atom. The maximum absolute atomic E-state index is 13.1. The number of likely N-dealkylation sites (N-methyl/N-ethyl adjacent to an activating group) is 1. The van der Waals surface area contributed by atoms with Gasteiger partial charge in [-0.15, -0.1) is 0 Å². The van der Waals surface area contributed by atoms with Crippen LogP contribution in [0.1, 0.15) is 54.2 Å². The summed E-state index contributed by atoms with van der Waals surface area (Å²) in [5.74, 6) is 1.18. The van der Waals surface area contributed by atoms with E-state index in [9.17, 15) is 9.59 Å². The molecule has 1 saturated carbocycles. The molecule has 1 aromatic carbocycles. The molecule has 1 amide bonds. The second-order valence-electron chi connectivity index (χ2n) is 8.57. The summed E-state index contributed by atoms with van der Waals surface area (Å²) in [7, 11) is 2.05. The number of nitrogens with one attached hydrogen (secondary N) is 1. The fourth-order valence-corrected chi connectivity index (χ4v) is 5.05. The first kappa shape index (κ1) is 19.6. The second kappa shape index (κ2) is 7.71. The van der Waals surface area contributed by atoms with Crippen LogP contribution in [0.15, 0.2) is 23.1 Å². The average Bonchev–Trinajstić information content (AvgIpc) is 3.21. The van der Waals surface area contributed by atoms with Crippen molar-refractivity contribution in [3.05, 3.63) is 45.1 Å². The molecular weight excluding hydrogens is 402 g/mol. The SMILES string of the molecule is CN1CCN(C(=O)c2cc3[nH]c(=O)c4cnc(C5CCCCC5)n4c3cc2Cl)CC1. The summed E-state index contributed by atoms with van der Waals surface area (Å²) in [6, 6.07) is 3.53. The molecule has 0 unspecified atom stereocenters. The Balaban J connectivity index is 1.62. The van der Waals surface area contributed by atoms with Crippen molar-refractivity contribution in [2.45, 2.75) is 38.0 Å². The Hall–Kier alpha value is -2.38. The lowest BCUT2D eigenvalue weighted by Gasteiger charge is -2.32. The molecule has 8 heteroatoms. The van der Waals surface area contributed by atoms with Gasteiger partial charge in [0, 0.05) is 32.1 Å². The normalized spacial score (nSPS) is 19.1. The van der Waals surface area contributed by atoms with Gasteiger partial charge in [0.15, 0.2) is 0 Å². The van der Waals surface area contributed by atoms with E-state index in [1.807, 2.05) is 9.30 Å². The van der Waals surface area contributed by atoms with Crippen molar-refractivity contribution >= 4 is 34.1 Å². The zero-order chi connectivity index (χ0) is 20.8. The second-order valence-corrected chi connectivity index (χ2v) is 8.98. The first-order chi connectivity index (χ1) is 14.5. The minimum atomic E-state index is -0.197. The fourth-order valence-electron chi connectivity index (χ4n) is 4.81. The van der Waals surface area contributed by atoms with E-state index in [1.54, 1.807) is 18.3 Å². The van der Waals surface area contributed by atoms with Crippen LogP contribution < -0.4 is 5.56 Å². The van der Waals surface area contributed by atoms with Crippen LogP contribution in [0.4, 0.5) is 0 Å². The first-order valence-electron chi connectivity index (χ1n) is 10.7. The summed E-state index contributed by atoms with van der Waals surface area (Å²) in [4.78, 5) is 37.4. The molecule has 1 aliphatic carbocycles. The lowest BCUT2D eigenvalue weighted by molar-refractivity contribution is 0.0664. The molecule has 2 fully saturated rings. The van der Waals surface area contributed by atoms with Gasteiger partial charge in [0.2, 0.25) is 0 Å². The van der Waals surface area contributed by atoms with E-state index in [2.05, 4.69) is 21.9 Å². The van der Waals surface area contributed by atoms with Gasteiger partial charge in [-0.2, -0.15) is 0 Å². The molecule has 2 aromatic heterocycles. The first-order valence-corrected chi connectivity index (χ1v) is 11.1. The van der Waals surface area contributed by atoms with Crippen molar-refractivity contribution in [2.24, 2.45) is 0 Å². The van der Waals surface area contributed by atoms with Gasteiger partial charge >= 0.3 is 0 Å². The highest BCUT2D eigenvalue weighted by Crippen LogP contribution is 2.33. The van der Waals surface area contributed by atoms with Gasteiger partial charge in [0.1, 0.15) is 11.3 Å². The summed E-state index contributed by atoms with van der Waals surface area (Å²) in [5, 5.41) is 0.406. The van der Waals surface area contributed by atoms with E-state index >= 15 is 0 Å². The minimum Gasteiger partial charge on any atom is -0.336 e. The molecule has 0 atom stereocenters. The van der Waals surface area contributed by atoms with E-state index in [0.29, 0.717) is 40.6 Å². The Kier molecular flexibility index (Phi) is 5.03. The zero-order valence-corrected chi connectivity index (χ0v) is 17.9. The Morgan fingerprint density at radius 2 is 1.83 bits per heavy atom. The third-order valence-corrected chi connectivity index (χ3v) is 6.90. The molecule has 5 rings (SSSR count). The number of carbonyl (C=O) groups is 1. The molecule has 1 N–H and O–H groups in total. The topological polar surface area (TPSA) is 73.7 Å². The smallest absolute Gasteiger partial charge is 0.274 e. The highest BCUT2D eigenvalue weighted by Gasteiger charge is 2.25. The standard InChI is InChI=1S/C22H26ClN5O2/c1-26-7-9-27(10-8-26)22(30)15-11-17-18(12-16(15)23)28-19(21(29)25-17)13-24-20(28)14-5-3-2-4-6-14/h11-14H,2-10H2,1H3,(H,25,29). The van der Waals surface area contributed by atoms with Crippen molar-refractivity contribution in [1.82, 2.24) is 24.2 Å². The van der Waals surface area contributed by atoms with Crippen LogP contribution in [0, 0.1) is 0 Å².